The number of nitrogens with zero attached hydrogens (tertiary/aromatic N) is 1. The van der Waals surface area contributed by atoms with Gasteiger partial charge in [-0.05, 0) is 81.3 Å². The topological polar surface area (TPSA) is 32.3 Å². The Balaban J connectivity index is 0.00000176. The van der Waals surface area contributed by atoms with Crippen LogP contribution in [0.4, 0.5) is 0 Å². The van der Waals surface area contributed by atoms with Gasteiger partial charge in [0.1, 0.15) is 0 Å². The van der Waals surface area contributed by atoms with Crippen molar-refractivity contribution in [3.63, 3.8) is 0 Å². The molecule has 1 aromatic rings. The fraction of sp³-hybridized carbons (Fsp3) is 0.611. The number of hydrogen-bond donors (Lipinski definition) is 1. The number of amides is 1. The van der Waals surface area contributed by atoms with Crippen LogP contribution in [0.15, 0.2) is 18.2 Å². The lowest BCUT2D eigenvalue weighted by Gasteiger charge is -2.44. The van der Waals surface area contributed by atoms with Crippen LogP contribution in [-0.2, 0) is 0 Å². The maximum absolute atomic E-state index is 12.6. The summed E-state index contributed by atoms with van der Waals surface area (Å²) >= 11 is 0. The molecule has 2 fully saturated rings. The highest BCUT2D eigenvalue weighted by atomic mass is 35.5. The van der Waals surface area contributed by atoms with Crippen LogP contribution in [0.25, 0.3) is 0 Å². The first-order chi connectivity index (χ1) is 10.1. The van der Waals surface area contributed by atoms with Crippen LogP contribution < -0.4 is 5.32 Å². The SMILES string of the molecule is Cc1ccc(C(=O)N2CCC3(CCNCC3)CC2)cc1C.Cl. The lowest BCUT2D eigenvalue weighted by atomic mass is 9.71. The van der Waals surface area contributed by atoms with Crippen LogP contribution in [0, 0.1) is 19.3 Å². The molecule has 1 amide bonds. The number of nitrogens with one attached hydrogen (secondary N) is 1. The van der Waals surface area contributed by atoms with Crippen molar-refractivity contribution in [1.82, 2.24) is 10.2 Å². The Morgan fingerprint density at radius 2 is 1.68 bits per heavy atom. The molecular weight excluding hydrogens is 296 g/mol. The Morgan fingerprint density at radius 1 is 1.05 bits per heavy atom. The first kappa shape index (κ1) is 17.3. The molecule has 0 radical (unpaired) electrons. The summed E-state index contributed by atoms with van der Waals surface area (Å²) in [6.45, 7) is 8.30. The average molecular weight is 323 g/mol. The van der Waals surface area contributed by atoms with E-state index in [0.29, 0.717) is 5.41 Å². The van der Waals surface area contributed by atoms with Gasteiger partial charge in [-0.25, -0.2) is 0 Å². The van der Waals surface area contributed by atoms with Gasteiger partial charge < -0.3 is 10.2 Å². The van der Waals surface area contributed by atoms with E-state index in [1.165, 1.54) is 36.8 Å². The molecule has 3 nitrogen and oxygen atoms in total. The van der Waals surface area contributed by atoms with Crippen molar-refractivity contribution in [2.24, 2.45) is 5.41 Å². The highest BCUT2D eigenvalue weighted by molar-refractivity contribution is 5.94. The van der Waals surface area contributed by atoms with Crippen molar-refractivity contribution >= 4 is 18.3 Å². The zero-order valence-electron chi connectivity index (χ0n) is 13.7. The molecule has 0 unspecified atom stereocenters. The molecule has 1 aromatic carbocycles. The number of likely N-dealkylation sites (tertiary alicyclic amines) is 1. The Labute approximate surface area is 139 Å². The monoisotopic (exact) mass is 322 g/mol. The van der Waals surface area contributed by atoms with Gasteiger partial charge in [-0.1, -0.05) is 6.07 Å². The molecule has 2 aliphatic rings. The zero-order valence-corrected chi connectivity index (χ0v) is 14.5. The van der Waals surface area contributed by atoms with Gasteiger partial charge in [0, 0.05) is 18.7 Å². The maximum atomic E-state index is 12.6. The number of carbonyl (C=O) groups excluding carboxylic acids is 1. The van der Waals surface area contributed by atoms with E-state index < -0.39 is 0 Å². The van der Waals surface area contributed by atoms with E-state index in [-0.39, 0.29) is 18.3 Å². The third kappa shape index (κ3) is 3.47. The Bertz CT molecular complexity index is 528. The van der Waals surface area contributed by atoms with E-state index in [4.69, 9.17) is 0 Å². The second-order valence-corrected chi connectivity index (χ2v) is 6.84. The number of hydrogen-bond acceptors (Lipinski definition) is 2. The number of benzene rings is 1. The van der Waals surface area contributed by atoms with E-state index in [1.807, 2.05) is 12.1 Å². The maximum Gasteiger partial charge on any atom is 0.253 e. The second kappa shape index (κ2) is 7.01. The highest BCUT2D eigenvalue weighted by Gasteiger charge is 2.36. The van der Waals surface area contributed by atoms with Crippen molar-refractivity contribution in [3.8, 4) is 0 Å². The summed E-state index contributed by atoms with van der Waals surface area (Å²) in [5, 5.41) is 3.45. The van der Waals surface area contributed by atoms with Crippen LogP contribution in [0.5, 0.6) is 0 Å². The summed E-state index contributed by atoms with van der Waals surface area (Å²) in [7, 11) is 0. The molecule has 2 heterocycles. The summed E-state index contributed by atoms with van der Waals surface area (Å²) in [4.78, 5) is 14.7. The molecule has 3 rings (SSSR count). The smallest absolute Gasteiger partial charge is 0.253 e. The van der Waals surface area contributed by atoms with Gasteiger partial charge in [0.05, 0.1) is 0 Å². The molecular formula is C18H27ClN2O. The summed E-state index contributed by atoms with van der Waals surface area (Å²) in [6, 6.07) is 6.06. The van der Waals surface area contributed by atoms with Gasteiger partial charge in [0.2, 0.25) is 0 Å². The van der Waals surface area contributed by atoms with Gasteiger partial charge in [-0.2, -0.15) is 0 Å². The molecule has 0 atom stereocenters. The summed E-state index contributed by atoms with van der Waals surface area (Å²) in [6.07, 6.45) is 4.90. The standard InChI is InChI=1S/C18H26N2O.ClH/c1-14-3-4-16(13-15(14)2)17(21)20-11-7-18(8-12-20)5-9-19-10-6-18;/h3-4,13,19H,5-12H2,1-2H3;1H. The van der Waals surface area contributed by atoms with Gasteiger partial charge in [-0.3, -0.25) is 4.79 Å². The number of carbonyl (C=O) groups is 1. The molecule has 22 heavy (non-hydrogen) atoms. The van der Waals surface area contributed by atoms with Gasteiger partial charge >= 0.3 is 0 Å². The summed E-state index contributed by atoms with van der Waals surface area (Å²) in [5.74, 6) is 0.210. The second-order valence-electron chi connectivity index (χ2n) is 6.84. The van der Waals surface area contributed by atoms with Crippen LogP contribution in [0.2, 0.25) is 0 Å². The predicted octanol–water partition coefficient (Wildman–Crippen LogP) is 3.33. The third-order valence-electron chi connectivity index (χ3n) is 5.53. The van der Waals surface area contributed by atoms with Crippen molar-refractivity contribution in [1.29, 1.82) is 0 Å². The summed E-state index contributed by atoms with van der Waals surface area (Å²) in [5.41, 5.74) is 3.80. The first-order valence-corrected chi connectivity index (χ1v) is 8.17. The van der Waals surface area contributed by atoms with E-state index in [9.17, 15) is 4.79 Å². The fourth-order valence-corrected chi connectivity index (χ4v) is 3.70. The average Bonchev–Trinajstić information content (AvgIpc) is 2.51. The van der Waals surface area contributed by atoms with Crippen molar-refractivity contribution in [2.45, 2.75) is 39.5 Å². The normalized spacial score (nSPS) is 20.5. The summed E-state index contributed by atoms with van der Waals surface area (Å²) < 4.78 is 0. The van der Waals surface area contributed by atoms with E-state index in [0.717, 1.165) is 31.7 Å². The molecule has 4 heteroatoms. The Kier molecular flexibility index (Phi) is 5.51. The van der Waals surface area contributed by atoms with E-state index >= 15 is 0 Å². The molecule has 2 aliphatic heterocycles. The predicted molar refractivity (Wildman–Crippen MR) is 92.8 cm³/mol. The lowest BCUT2D eigenvalue weighted by Crippen LogP contribution is -2.47. The minimum absolute atomic E-state index is 0. The number of halogens is 1. The molecule has 122 valence electrons. The quantitative estimate of drug-likeness (QED) is 0.860. The first-order valence-electron chi connectivity index (χ1n) is 8.17. The van der Waals surface area contributed by atoms with Crippen molar-refractivity contribution < 1.29 is 4.79 Å². The molecule has 0 aromatic heterocycles. The van der Waals surface area contributed by atoms with Crippen LogP contribution in [0.1, 0.15) is 47.2 Å². The Morgan fingerprint density at radius 3 is 2.27 bits per heavy atom. The number of aryl methyl sites for hydroxylation is 2. The van der Waals surface area contributed by atoms with Gasteiger partial charge in [-0.15, -0.1) is 12.4 Å². The lowest BCUT2D eigenvalue weighted by molar-refractivity contribution is 0.0495. The van der Waals surface area contributed by atoms with Gasteiger partial charge in [0.25, 0.3) is 5.91 Å². The minimum Gasteiger partial charge on any atom is -0.339 e. The zero-order chi connectivity index (χ0) is 14.9. The molecule has 2 saturated heterocycles. The van der Waals surface area contributed by atoms with E-state index in [2.05, 4.69) is 30.1 Å². The molecule has 0 aliphatic carbocycles. The van der Waals surface area contributed by atoms with Crippen LogP contribution in [-0.4, -0.2) is 37.0 Å². The Hall–Kier alpha value is -1.06. The molecule has 0 saturated carbocycles. The molecule has 1 spiro atoms. The van der Waals surface area contributed by atoms with Crippen LogP contribution in [0.3, 0.4) is 0 Å². The van der Waals surface area contributed by atoms with Crippen LogP contribution >= 0.6 is 12.4 Å². The van der Waals surface area contributed by atoms with Crippen molar-refractivity contribution in [2.75, 3.05) is 26.2 Å². The van der Waals surface area contributed by atoms with Crippen molar-refractivity contribution in [3.05, 3.63) is 34.9 Å². The third-order valence-corrected chi connectivity index (χ3v) is 5.53. The minimum atomic E-state index is 0. The molecule has 1 N–H and O–H groups in total. The number of piperidine rings is 2. The number of rotatable bonds is 1. The highest BCUT2D eigenvalue weighted by Crippen LogP contribution is 2.39. The van der Waals surface area contributed by atoms with E-state index in [1.54, 1.807) is 0 Å². The largest absolute Gasteiger partial charge is 0.339 e. The fourth-order valence-electron chi connectivity index (χ4n) is 3.70. The molecule has 0 bridgehead atoms. The van der Waals surface area contributed by atoms with Gasteiger partial charge in [0.15, 0.2) is 0 Å².